The summed E-state index contributed by atoms with van der Waals surface area (Å²) >= 11 is 12.2. The molecular formula is C20H17Cl2F3N4O. The van der Waals surface area contributed by atoms with Crippen molar-refractivity contribution in [1.82, 2.24) is 9.97 Å². The van der Waals surface area contributed by atoms with E-state index in [2.05, 4.69) is 25.3 Å². The molecule has 158 valence electrons. The molecule has 0 aliphatic carbocycles. The molecule has 2 aromatic carbocycles. The van der Waals surface area contributed by atoms with Crippen molar-refractivity contribution in [2.75, 3.05) is 10.6 Å². The number of nitrogens with one attached hydrogen (secondary N) is 2. The van der Waals surface area contributed by atoms with E-state index in [1.807, 2.05) is 13.8 Å². The number of benzene rings is 2. The van der Waals surface area contributed by atoms with Crippen molar-refractivity contribution in [2.24, 2.45) is 0 Å². The van der Waals surface area contributed by atoms with Crippen LogP contribution in [-0.2, 0) is 0 Å². The molecule has 0 saturated carbocycles. The summed E-state index contributed by atoms with van der Waals surface area (Å²) in [6.07, 6.45) is -4.79. The molecule has 3 aromatic rings. The second-order valence-electron chi connectivity index (χ2n) is 6.59. The molecule has 0 fully saturated rings. The molecule has 0 radical (unpaired) electrons. The first-order valence-electron chi connectivity index (χ1n) is 8.83. The second kappa shape index (κ2) is 8.97. The fourth-order valence-electron chi connectivity index (χ4n) is 2.57. The van der Waals surface area contributed by atoms with E-state index in [-0.39, 0.29) is 11.8 Å². The van der Waals surface area contributed by atoms with Gasteiger partial charge in [0.05, 0.1) is 16.4 Å². The molecule has 2 N–H and O–H groups in total. The molecule has 0 aliphatic heterocycles. The highest BCUT2D eigenvalue weighted by atomic mass is 35.5. The van der Waals surface area contributed by atoms with Crippen molar-refractivity contribution in [3.05, 3.63) is 58.6 Å². The third-order valence-corrected chi connectivity index (χ3v) is 4.26. The van der Waals surface area contributed by atoms with Crippen LogP contribution in [0.3, 0.4) is 0 Å². The highest BCUT2D eigenvalue weighted by molar-refractivity contribution is 6.35. The number of nitrogens with zero attached hydrogens (tertiary/aromatic N) is 2. The molecule has 1 aromatic heterocycles. The lowest BCUT2D eigenvalue weighted by Gasteiger charge is -2.14. The predicted octanol–water partition coefficient (Wildman–Crippen LogP) is 6.91. The van der Waals surface area contributed by atoms with Gasteiger partial charge in [-0.2, -0.15) is 4.98 Å². The third kappa shape index (κ3) is 6.14. The highest BCUT2D eigenvalue weighted by Gasteiger charge is 2.31. The van der Waals surface area contributed by atoms with Crippen molar-refractivity contribution in [3.63, 3.8) is 0 Å². The number of halogens is 5. The van der Waals surface area contributed by atoms with Crippen LogP contribution in [0.4, 0.5) is 30.6 Å². The molecule has 0 unspecified atom stereocenters. The van der Waals surface area contributed by atoms with E-state index in [0.29, 0.717) is 38.8 Å². The number of aromatic nitrogens is 2. The standard InChI is InChI=1S/C20H17Cl2F3N4O/c1-11(2)26-19-28-16(12-4-3-5-14(8-12)30-20(23,24)25)10-18(29-19)27-17-9-13(21)6-7-15(17)22/h3-11H,1-2H3,(H2,26,27,28,29). The van der Waals surface area contributed by atoms with Crippen molar-refractivity contribution >= 4 is 40.7 Å². The number of rotatable bonds is 6. The van der Waals surface area contributed by atoms with Crippen LogP contribution in [0, 0.1) is 0 Å². The van der Waals surface area contributed by atoms with E-state index in [9.17, 15) is 13.2 Å². The van der Waals surface area contributed by atoms with Crippen LogP contribution in [-0.4, -0.2) is 22.4 Å². The van der Waals surface area contributed by atoms with Crippen LogP contribution in [0.5, 0.6) is 5.75 Å². The SMILES string of the molecule is CC(C)Nc1nc(Nc2cc(Cl)ccc2Cl)cc(-c2cccc(OC(F)(F)F)c2)n1. The van der Waals surface area contributed by atoms with Crippen molar-refractivity contribution < 1.29 is 17.9 Å². The number of alkyl halides is 3. The molecule has 3 rings (SSSR count). The van der Waals surface area contributed by atoms with Crippen molar-refractivity contribution in [3.8, 4) is 17.0 Å². The van der Waals surface area contributed by atoms with E-state index in [4.69, 9.17) is 23.2 Å². The van der Waals surface area contributed by atoms with Gasteiger partial charge in [0, 0.05) is 22.7 Å². The number of hydrogen-bond donors (Lipinski definition) is 2. The Morgan fingerprint density at radius 2 is 1.77 bits per heavy atom. The first kappa shape index (κ1) is 22.0. The average molecular weight is 457 g/mol. The Hall–Kier alpha value is -2.71. The molecule has 0 bridgehead atoms. The first-order valence-corrected chi connectivity index (χ1v) is 9.58. The Labute approximate surface area is 181 Å². The smallest absolute Gasteiger partial charge is 0.406 e. The molecule has 0 aliphatic rings. The van der Waals surface area contributed by atoms with Crippen LogP contribution >= 0.6 is 23.2 Å². The number of hydrogen-bond acceptors (Lipinski definition) is 5. The molecule has 5 nitrogen and oxygen atoms in total. The molecular weight excluding hydrogens is 440 g/mol. The van der Waals surface area contributed by atoms with Gasteiger partial charge < -0.3 is 15.4 Å². The van der Waals surface area contributed by atoms with E-state index < -0.39 is 6.36 Å². The summed E-state index contributed by atoms with van der Waals surface area (Å²) in [6, 6.07) is 12.1. The Morgan fingerprint density at radius 3 is 2.47 bits per heavy atom. The van der Waals surface area contributed by atoms with Gasteiger partial charge in [-0.25, -0.2) is 4.98 Å². The highest BCUT2D eigenvalue weighted by Crippen LogP contribution is 2.31. The van der Waals surface area contributed by atoms with E-state index in [0.717, 1.165) is 0 Å². The molecule has 0 amide bonds. The zero-order valence-corrected chi connectivity index (χ0v) is 17.4. The topological polar surface area (TPSA) is 59.1 Å². The largest absolute Gasteiger partial charge is 0.573 e. The quantitative estimate of drug-likeness (QED) is 0.421. The van der Waals surface area contributed by atoms with Crippen LogP contribution in [0.25, 0.3) is 11.3 Å². The van der Waals surface area contributed by atoms with Crippen molar-refractivity contribution in [2.45, 2.75) is 26.3 Å². The summed E-state index contributed by atoms with van der Waals surface area (Å²) in [5.41, 5.74) is 1.34. The third-order valence-electron chi connectivity index (χ3n) is 3.70. The molecule has 0 saturated heterocycles. The lowest BCUT2D eigenvalue weighted by atomic mass is 10.1. The Balaban J connectivity index is 2.01. The lowest BCUT2D eigenvalue weighted by Crippen LogP contribution is -2.17. The van der Waals surface area contributed by atoms with Gasteiger partial charge in [0.15, 0.2) is 0 Å². The summed E-state index contributed by atoms with van der Waals surface area (Å²) in [7, 11) is 0. The van der Waals surface area contributed by atoms with E-state index in [1.54, 1.807) is 30.3 Å². The number of anilines is 3. The van der Waals surface area contributed by atoms with Gasteiger partial charge in [-0.1, -0.05) is 35.3 Å². The minimum atomic E-state index is -4.79. The van der Waals surface area contributed by atoms with Gasteiger partial charge in [-0.3, -0.25) is 0 Å². The lowest BCUT2D eigenvalue weighted by molar-refractivity contribution is -0.274. The van der Waals surface area contributed by atoms with Gasteiger partial charge in [-0.15, -0.1) is 13.2 Å². The zero-order chi connectivity index (χ0) is 21.9. The van der Waals surface area contributed by atoms with Gasteiger partial charge in [0.25, 0.3) is 0 Å². The summed E-state index contributed by atoms with van der Waals surface area (Å²) in [4.78, 5) is 8.81. The Kier molecular flexibility index (Phi) is 6.58. The summed E-state index contributed by atoms with van der Waals surface area (Å²) < 4.78 is 41.7. The maximum absolute atomic E-state index is 12.6. The predicted molar refractivity (Wildman–Crippen MR) is 113 cm³/mol. The average Bonchev–Trinajstić information content (AvgIpc) is 2.63. The fourth-order valence-corrected chi connectivity index (χ4v) is 2.90. The second-order valence-corrected chi connectivity index (χ2v) is 7.43. The Morgan fingerprint density at radius 1 is 1.00 bits per heavy atom. The maximum Gasteiger partial charge on any atom is 0.573 e. The zero-order valence-electron chi connectivity index (χ0n) is 15.9. The van der Waals surface area contributed by atoms with Crippen molar-refractivity contribution in [1.29, 1.82) is 0 Å². The fraction of sp³-hybridized carbons (Fsp3) is 0.200. The summed E-state index contributed by atoms with van der Waals surface area (Å²) in [6.45, 7) is 3.82. The molecule has 10 heteroatoms. The first-order chi connectivity index (χ1) is 14.1. The van der Waals surface area contributed by atoms with Gasteiger partial charge >= 0.3 is 6.36 Å². The molecule has 0 spiro atoms. The minimum Gasteiger partial charge on any atom is -0.406 e. The summed E-state index contributed by atoms with van der Waals surface area (Å²) in [5, 5.41) is 7.07. The number of ether oxygens (including phenoxy) is 1. The maximum atomic E-state index is 12.6. The van der Waals surface area contributed by atoms with Crippen LogP contribution in [0.1, 0.15) is 13.8 Å². The normalized spacial score (nSPS) is 11.5. The molecule has 30 heavy (non-hydrogen) atoms. The monoisotopic (exact) mass is 456 g/mol. The minimum absolute atomic E-state index is 0.0303. The van der Waals surface area contributed by atoms with Gasteiger partial charge in [0.2, 0.25) is 5.95 Å². The Bertz CT molecular complexity index is 1040. The van der Waals surface area contributed by atoms with Crippen LogP contribution < -0.4 is 15.4 Å². The van der Waals surface area contributed by atoms with Crippen LogP contribution in [0.2, 0.25) is 10.0 Å². The summed E-state index contributed by atoms with van der Waals surface area (Å²) in [5.74, 6) is 0.337. The van der Waals surface area contributed by atoms with E-state index >= 15 is 0 Å². The van der Waals surface area contributed by atoms with E-state index in [1.165, 1.54) is 18.2 Å². The van der Waals surface area contributed by atoms with Gasteiger partial charge in [-0.05, 0) is 44.2 Å². The molecule has 0 atom stereocenters. The van der Waals surface area contributed by atoms with Crippen LogP contribution in [0.15, 0.2) is 48.5 Å². The molecule has 1 heterocycles. The van der Waals surface area contributed by atoms with Gasteiger partial charge in [0.1, 0.15) is 11.6 Å².